The molecule has 2 aromatic rings. The largest absolute Gasteiger partial charge is 0.360 e. The lowest BCUT2D eigenvalue weighted by Crippen LogP contribution is -2.27. The SMILES string of the molecule is CCc1cccc(C)c1N/C=C(/C#N)C(=O)NCCc1ccccc1. The molecule has 0 atom stereocenters. The number of carbonyl (C=O) groups excluding carboxylic acids is 1. The third-order valence-corrected chi connectivity index (χ3v) is 4.01. The van der Waals surface area contributed by atoms with Crippen molar-refractivity contribution in [3.8, 4) is 6.07 Å². The van der Waals surface area contributed by atoms with Crippen molar-refractivity contribution >= 4 is 11.6 Å². The number of nitrogens with zero attached hydrogens (tertiary/aromatic N) is 1. The average molecular weight is 333 g/mol. The molecule has 0 heterocycles. The average Bonchev–Trinajstić information content (AvgIpc) is 2.64. The minimum Gasteiger partial charge on any atom is -0.360 e. The summed E-state index contributed by atoms with van der Waals surface area (Å²) in [5, 5.41) is 15.2. The van der Waals surface area contributed by atoms with Gasteiger partial charge in [0.1, 0.15) is 11.6 Å². The van der Waals surface area contributed by atoms with Gasteiger partial charge in [-0.05, 0) is 36.5 Å². The van der Waals surface area contributed by atoms with Crippen LogP contribution in [-0.2, 0) is 17.6 Å². The molecule has 128 valence electrons. The first-order valence-corrected chi connectivity index (χ1v) is 8.43. The fourth-order valence-corrected chi connectivity index (χ4v) is 2.58. The lowest BCUT2D eigenvalue weighted by molar-refractivity contribution is -0.117. The van der Waals surface area contributed by atoms with E-state index in [1.54, 1.807) is 0 Å². The molecule has 4 heteroatoms. The molecular weight excluding hydrogens is 310 g/mol. The van der Waals surface area contributed by atoms with Gasteiger partial charge in [0.2, 0.25) is 0 Å². The Morgan fingerprint density at radius 1 is 1.16 bits per heavy atom. The van der Waals surface area contributed by atoms with E-state index in [1.807, 2.05) is 61.5 Å². The molecule has 0 aliphatic heterocycles. The third kappa shape index (κ3) is 5.22. The molecule has 0 fully saturated rings. The van der Waals surface area contributed by atoms with E-state index in [1.165, 1.54) is 6.20 Å². The van der Waals surface area contributed by atoms with Crippen molar-refractivity contribution in [1.82, 2.24) is 5.32 Å². The summed E-state index contributed by atoms with van der Waals surface area (Å²) in [7, 11) is 0. The van der Waals surface area contributed by atoms with Crippen LogP contribution in [0.2, 0.25) is 0 Å². The smallest absolute Gasteiger partial charge is 0.263 e. The summed E-state index contributed by atoms with van der Waals surface area (Å²) in [5.41, 5.74) is 4.40. The van der Waals surface area contributed by atoms with Crippen LogP contribution < -0.4 is 10.6 Å². The van der Waals surface area contributed by atoms with Gasteiger partial charge in [0.05, 0.1) is 0 Å². The molecule has 0 aliphatic rings. The van der Waals surface area contributed by atoms with Gasteiger partial charge in [0.25, 0.3) is 5.91 Å². The zero-order chi connectivity index (χ0) is 18.1. The number of para-hydroxylation sites is 1. The van der Waals surface area contributed by atoms with Gasteiger partial charge in [0, 0.05) is 18.4 Å². The number of hydrogen-bond donors (Lipinski definition) is 2. The molecule has 0 bridgehead atoms. The van der Waals surface area contributed by atoms with E-state index in [0.717, 1.165) is 35.2 Å². The second kappa shape index (κ2) is 9.29. The van der Waals surface area contributed by atoms with Gasteiger partial charge in [-0.3, -0.25) is 4.79 Å². The highest BCUT2D eigenvalue weighted by Crippen LogP contribution is 2.21. The number of rotatable bonds is 7. The summed E-state index contributed by atoms with van der Waals surface area (Å²) < 4.78 is 0. The summed E-state index contributed by atoms with van der Waals surface area (Å²) in [5.74, 6) is -0.363. The van der Waals surface area contributed by atoms with E-state index in [0.29, 0.717) is 6.54 Å². The van der Waals surface area contributed by atoms with E-state index < -0.39 is 0 Å². The van der Waals surface area contributed by atoms with Crippen LogP contribution in [0.15, 0.2) is 60.3 Å². The minimum absolute atomic E-state index is 0.0679. The number of carbonyl (C=O) groups is 1. The second-order valence-electron chi connectivity index (χ2n) is 5.77. The molecule has 0 radical (unpaired) electrons. The Bertz CT molecular complexity index is 789. The van der Waals surface area contributed by atoms with Crippen molar-refractivity contribution in [1.29, 1.82) is 5.26 Å². The Morgan fingerprint density at radius 3 is 2.60 bits per heavy atom. The first kappa shape index (κ1) is 18.3. The number of amides is 1. The summed E-state index contributed by atoms with van der Waals surface area (Å²) in [6.07, 6.45) is 3.10. The van der Waals surface area contributed by atoms with Crippen molar-refractivity contribution in [3.63, 3.8) is 0 Å². The molecule has 0 aliphatic carbocycles. The molecule has 2 rings (SSSR count). The Morgan fingerprint density at radius 2 is 1.92 bits per heavy atom. The van der Waals surface area contributed by atoms with E-state index in [-0.39, 0.29) is 11.5 Å². The van der Waals surface area contributed by atoms with Gasteiger partial charge < -0.3 is 10.6 Å². The molecular formula is C21H23N3O. The first-order chi connectivity index (χ1) is 12.2. The number of nitriles is 1. The lowest BCUT2D eigenvalue weighted by Gasteiger charge is -2.11. The minimum atomic E-state index is -0.363. The topological polar surface area (TPSA) is 64.9 Å². The third-order valence-electron chi connectivity index (χ3n) is 4.01. The summed E-state index contributed by atoms with van der Waals surface area (Å²) >= 11 is 0. The van der Waals surface area contributed by atoms with E-state index in [4.69, 9.17) is 0 Å². The highest BCUT2D eigenvalue weighted by atomic mass is 16.1. The predicted molar refractivity (Wildman–Crippen MR) is 101 cm³/mol. The maximum Gasteiger partial charge on any atom is 0.263 e. The fourth-order valence-electron chi connectivity index (χ4n) is 2.58. The van der Waals surface area contributed by atoms with Gasteiger partial charge in [-0.25, -0.2) is 0 Å². The number of hydrogen-bond acceptors (Lipinski definition) is 3. The Labute approximate surface area is 149 Å². The lowest BCUT2D eigenvalue weighted by atomic mass is 10.1. The molecule has 1 amide bonds. The van der Waals surface area contributed by atoms with Gasteiger partial charge in [-0.2, -0.15) is 5.26 Å². The molecule has 0 spiro atoms. The molecule has 25 heavy (non-hydrogen) atoms. The van der Waals surface area contributed by atoms with Crippen molar-refractivity contribution in [3.05, 3.63) is 77.0 Å². The number of nitrogens with one attached hydrogen (secondary N) is 2. The second-order valence-corrected chi connectivity index (χ2v) is 5.77. The molecule has 0 unspecified atom stereocenters. The number of aryl methyl sites for hydroxylation is 2. The molecule has 2 aromatic carbocycles. The van der Waals surface area contributed by atoms with Crippen LogP contribution in [0.4, 0.5) is 5.69 Å². The summed E-state index contributed by atoms with van der Waals surface area (Å²) in [4.78, 5) is 12.2. The maximum absolute atomic E-state index is 12.2. The van der Waals surface area contributed by atoms with Gasteiger partial charge in [-0.15, -0.1) is 0 Å². The van der Waals surface area contributed by atoms with E-state index in [2.05, 4.69) is 17.6 Å². The molecule has 2 N–H and O–H groups in total. The zero-order valence-electron chi connectivity index (χ0n) is 14.7. The highest BCUT2D eigenvalue weighted by molar-refractivity contribution is 5.97. The summed E-state index contributed by atoms with van der Waals surface area (Å²) in [6.45, 7) is 4.57. The van der Waals surface area contributed by atoms with Crippen LogP contribution in [-0.4, -0.2) is 12.5 Å². The Kier molecular flexibility index (Phi) is 6.79. The number of benzene rings is 2. The predicted octanol–water partition coefficient (Wildman–Crippen LogP) is 3.74. The Balaban J connectivity index is 1.98. The monoisotopic (exact) mass is 333 g/mol. The fraction of sp³-hybridized carbons (Fsp3) is 0.238. The van der Waals surface area contributed by atoms with Gasteiger partial charge in [-0.1, -0.05) is 55.5 Å². The van der Waals surface area contributed by atoms with Crippen LogP contribution in [0, 0.1) is 18.3 Å². The van der Waals surface area contributed by atoms with Crippen molar-refractivity contribution in [2.75, 3.05) is 11.9 Å². The van der Waals surface area contributed by atoms with Crippen molar-refractivity contribution in [2.24, 2.45) is 0 Å². The Hall–Kier alpha value is -3.06. The van der Waals surface area contributed by atoms with Crippen LogP contribution in [0.5, 0.6) is 0 Å². The van der Waals surface area contributed by atoms with Crippen molar-refractivity contribution in [2.45, 2.75) is 26.7 Å². The molecule has 0 saturated carbocycles. The quantitative estimate of drug-likeness (QED) is 0.599. The van der Waals surface area contributed by atoms with Crippen LogP contribution in [0.3, 0.4) is 0 Å². The van der Waals surface area contributed by atoms with Crippen LogP contribution >= 0.6 is 0 Å². The van der Waals surface area contributed by atoms with Gasteiger partial charge >= 0.3 is 0 Å². The van der Waals surface area contributed by atoms with Gasteiger partial charge in [0.15, 0.2) is 0 Å². The van der Waals surface area contributed by atoms with E-state index >= 15 is 0 Å². The molecule has 0 saturated heterocycles. The molecule has 0 aromatic heterocycles. The molecule has 4 nitrogen and oxygen atoms in total. The van der Waals surface area contributed by atoms with Crippen LogP contribution in [0.1, 0.15) is 23.6 Å². The first-order valence-electron chi connectivity index (χ1n) is 8.43. The normalized spacial score (nSPS) is 10.8. The number of anilines is 1. The van der Waals surface area contributed by atoms with Crippen molar-refractivity contribution < 1.29 is 4.79 Å². The zero-order valence-corrected chi connectivity index (χ0v) is 14.7. The van der Waals surface area contributed by atoms with E-state index in [9.17, 15) is 10.1 Å². The summed E-state index contributed by atoms with van der Waals surface area (Å²) in [6, 6.07) is 17.9. The standard InChI is InChI=1S/C21H23N3O/c1-3-18-11-7-8-16(2)20(18)24-15-19(14-22)21(25)23-13-12-17-9-5-4-6-10-17/h4-11,15,24H,3,12-13H2,1-2H3,(H,23,25)/b19-15-. The highest BCUT2D eigenvalue weighted by Gasteiger charge is 2.09. The maximum atomic E-state index is 12.2. The van der Waals surface area contributed by atoms with Crippen LogP contribution in [0.25, 0.3) is 0 Å².